The summed E-state index contributed by atoms with van der Waals surface area (Å²) in [6, 6.07) is -0.457. The molecule has 6 nitrogen and oxygen atoms in total. The van der Waals surface area contributed by atoms with Crippen molar-refractivity contribution in [3.05, 3.63) is 0 Å². The Morgan fingerprint density at radius 1 is 1.22 bits per heavy atom. The molecule has 0 fully saturated rings. The molecular formula is C12H24N2O4. The van der Waals surface area contributed by atoms with Gasteiger partial charge >= 0.3 is 12.0 Å². The van der Waals surface area contributed by atoms with Gasteiger partial charge < -0.3 is 20.8 Å². The van der Waals surface area contributed by atoms with E-state index >= 15 is 0 Å². The summed E-state index contributed by atoms with van der Waals surface area (Å²) in [6.07, 6.45) is 3.06. The van der Waals surface area contributed by atoms with Crippen LogP contribution in [0, 0.1) is 5.92 Å². The lowest BCUT2D eigenvalue weighted by Gasteiger charge is -2.18. The second-order valence-corrected chi connectivity index (χ2v) is 5.08. The van der Waals surface area contributed by atoms with Gasteiger partial charge in [-0.2, -0.15) is 0 Å². The van der Waals surface area contributed by atoms with E-state index in [2.05, 4.69) is 24.5 Å². The molecule has 1 atom stereocenters. The lowest BCUT2D eigenvalue weighted by molar-refractivity contribution is -0.155. The first-order valence-electron chi connectivity index (χ1n) is 6.23. The van der Waals surface area contributed by atoms with Crippen LogP contribution in [0.3, 0.4) is 0 Å². The van der Waals surface area contributed by atoms with Gasteiger partial charge in [-0.05, 0) is 19.3 Å². The molecule has 0 bridgehead atoms. The summed E-state index contributed by atoms with van der Waals surface area (Å²) in [5, 5.41) is 22.9. The summed E-state index contributed by atoms with van der Waals surface area (Å²) >= 11 is 0. The second-order valence-electron chi connectivity index (χ2n) is 5.08. The molecule has 0 spiro atoms. The Balaban J connectivity index is 3.64. The second kappa shape index (κ2) is 7.92. The number of amides is 2. The quantitative estimate of drug-likeness (QED) is 0.488. The zero-order valence-corrected chi connectivity index (χ0v) is 11.3. The minimum Gasteiger partial charge on any atom is -0.479 e. The normalized spacial score (nSPS) is 14.1. The standard InChI is InChI=1S/C12H24N2O4/c1-9(2)6-4-5-7-13-11(17)14-8-12(3,18)10(15)16/h9,18H,4-8H2,1-3H3,(H,15,16)(H2,13,14,17). The summed E-state index contributed by atoms with van der Waals surface area (Å²) in [6.45, 7) is 5.66. The lowest BCUT2D eigenvalue weighted by Crippen LogP contribution is -2.49. The lowest BCUT2D eigenvalue weighted by atomic mass is 10.1. The monoisotopic (exact) mass is 260 g/mol. The number of aliphatic carboxylic acids is 1. The molecule has 0 aliphatic heterocycles. The molecular weight excluding hydrogens is 236 g/mol. The summed E-state index contributed by atoms with van der Waals surface area (Å²) in [5.74, 6) is -0.704. The number of hydrogen-bond donors (Lipinski definition) is 4. The van der Waals surface area contributed by atoms with E-state index in [0.717, 1.165) is 26.2 Å². The number of urea groups is 1. The summed E-state index contributed by atoms with van der Waals surface area (Å²) in [7, 11) is 0. The molecule has 0 aliphatic rings. The van der Waals surface area contributed by atoms with Crippen LogP contribution in [-0.2, 0) is 4.79 Å². The number of carboxylic acid groups (broad SMARTS) is 1. The predicted molar refractivity (Wildman–Crippen MR) is 68.4 cm³/mol. The van der Waals surface area contributed by atoms with Gasteiger partial charge in [0.25, 0.3) is 0 Å². The maximum atomic E-state index is 11.3. The largest absolute Gasteiger partial charge is 0.479 e. The van der Waals surface area contributed by atoms with Crippen molar-refractivity contribution in [2.24, 2.45) is 5.92 Å². The third-order valence-electron chi connectivity index (χ3n) is 2.55. The predicted octanol–water partition coefficient (Wildman–Crippen LogP) is 0.948. The van der Waals surface area contributed by atoms with Crippen LogP contribution in [0.4, 0.5) is 4.79 Å². The van der Waals surface area contributed by atoms with E-state index in [1.807, 2.05) is 0 Å². The van der Waals surface area contributed by atoms with Crippen molar-refractivity contribution in [1.29, 1.82) is 0 Å². The van der Waals surface area contributed by atoms with Gasteiger partial charge in [-0.3, -0.25) is 0 Å². The molecule has 0 aliphatic carbocycles. The van der Waals surface area contributed by atoms with Crippen LogP contribution >= 0.6 is 0 Å². The average Bonchev–Trinajstić information content (AvgIpc) is 2.25. The van der Waals surface area contributed by atoms with Crippen molar-refractivity contribution < 1.29 is 19.8 Å². The minimum absolute atomic E-state index is 0.319. The van der Waals surface area contributed by atoms with Crippen LogP contribution in [0.15, 0.2) is 0 Å². The summed E-state index contributed by atoms with van der Waals surface area (Å²) in [5.41, 5.74) is -1.94. The van der Waals surface area contributed by atoms with E-state index in [4.69, 9.17) is 5.11 Å². The van der Waals surface area contributed by atoms with E-state index in [1.54, 1.807) is 0 Å². The van der Waals surface area contributed by atoms with Gasteiger partial charge in [0, 0.05) is 6.54 Å². The van der Waals surface area contributed by atoms with Crippen molar-refractivity contribution in [1.82, 2.24) is 10.6 Å². The topological polar surface area (TPSA) is 98.7 Å². The molecule has 0 heterocycles. The van der Waals surface area contributed by atoms with Gasteiger partial charge in [-0.15, -0.1) is 0 Å². The number of carbonyl (C=O) groups is 2. The Kier molecular flexibility index (Phi) is 7.35. The molecule has 0 radical (unpaired) electrons. The van der Waals surface area contributed by atoms with Crippen LogP contribution in [0.1, 0.15) is 40.0 Å². The van der Waals surface area contributed by atoms with Gasteiger partial charge in [0.15, 0.2) is 5.60 Å². The molecule has 18 heavy (non-hydrogen) atoms. The number of hydrogen-bond acceptors (Lipinski definition) is 3. The number of nitrogens with one attached hydrogen (secondary N) is 2. The molecule has 0 saturated heterocycles. The number of carbonyl (C=O) groups excluding carboxylic acids is 1. The Morgan fingerprint density at radius 2 is 1.83 bits per heavy atom. The van der Waals surface area contributed by atoms with Crippen LogP contribution < -0.4 is 10.6 Å². The highest BCUT2D eigenvalue weighted by Gasteiger charge is 2.30. The van der Waals surface area contributed by atoms with E-state index in [1.165, 1.54) is 0 Å². The van der Waals surface area contributed by atoms with Gasteiger partial charge in [0.2, 0.25) is 0 Å². The highest BCUT2D eigenvalue weighted by atomic mass is 16.4. The fourth-order valence-electron chi connectivity index (χ4n) is 1.27. The van der Waals surface area contributed by atoms with Gasteiger partial charge in [0.1, 0.15) is 0 Å². The number of rotatable bonds is 8. The van der Waals surface area contributed by atoms with Crippen molar-refractivity contribution in [3.8, 4) is 0 Å². The molecule has 6 heteroatoms. The maximum Gasteiger partial charge on any atom is 0.337 e. The Hall–Kier alpha value is -1.30. The molecule has 106 valence electrons. The van der Waals surface area contributed by atoms with Crippen LogP contribution in [-0.4, -0.2) is 40.9 Å². The molecule has 0 saturated carbocycles. The van der Waals surface area contributed by atoms with E-state index in [0.29, 0.717) is 12.5 Å². The fourth-order valence-corrected chi connectivity index (χ4v) is 1.27. The zero-order chi connectivity index (χ0) is 14.2. The van der Waals surface area contributed by atoms with Gasteiger partial charge in [-0.25, -0.2) is 9.59 Å². The first kappa shape index (κ1) is 16.7. The van der Waals surface area contributed by atoms with E-state index in [9.17, 15) is 14.7 Å². The minimum atomic E-state index is -1.94. The third kappa shape index (κ3) is 7.89. The van der Waals surface area contributed by atoms with E-state index < -0.39 is 17.6 Å². The summed E-state index contributed by atoms with van der Waals surface area (Å²) in [4.78, 5) is 21.9. The zero-order valence-electron chi connectivity index (χ0n) is 11.3. The molecule has 0 rings (SSSR count). The highest BCUT2D eigenvalue weighted by molar-refractivity contribution is 5.79. The van der Waals surface area contributed by atoms with Crippen molar-refractivity contribution in [2.75, 3.05) is 13.1 Å². The van der Waals surface area contributed by atoms with Crippen LogP contribution in [0.25, 0.3) is 0 Å². The average molecular weight is 260 g/mol. The molecule has 0 aromatic heterocycles. The van der Waals surface area contributed by atoms with E-state index in [-0.39, 0.29) is 6.54 Å². The van der Waals surface area contributed by atoms with Crippen molar-refractivity contribution in [2.45, 2.75) is 45.6 Å². The highest BCUT2D eigenvalue weighted by Crippen LogP contribution is 2.05. The smallest absolute Gasteiger partial charge is 0.337 e. The number of aliphatic hydroxyl groups is 1. The number of unbranched alkanes of at least 4 members (excludes halogenated alkanes) is 1. The van der Waals surface area contributed by atoms with Gasteiger partial charge in [-0.1, -0.05) is 26.7 Å². The first-order valence-corrected chi connectivity index (χ1v) is 6.23. The van der Waals surface area contributed by atoms with Gasteiger partial charge in [0.05, 0.1) is 6.54 Å². The Bertz CT molecular complexity index is 277. The fraction of sp³-hybridized carbons (Fsp3) is 0.833. The van der Waals surface area contributed by atoms with Crippen LogP contribution in [0.5, 0.6) is 0 Å². The first-order chi connectivity index (χ1) is 8.25. The SMILES string of the molecule is CC(C)CCCCNC(=O)NCC(C)(O)C(=O)O. The van der Waals surface area contributed by atoms with Crippen LogP contribution in [0.2, 0.25) is 0 Å². The van der Waals surface area contributed by atoms with Crippen molar-refractivity contribution in [3.63, 3.8) is 0 Å². The third-order valence-corrected chi connectivity index (χ3v) is 2.55. The maximum absolute atomic E-state index is 11.3. The molecule has 1 unspecified atom stereocenters. The number of carboxylic acids is 1. The molecule has 4 N–H and O–H groups in total. The Morgan fingerprint density at radius 3 is 2.33 bits per heavy atom. The summed E-state index contributed by atoms with van der Waals surface area (Å²) < 4.78 is 0. The molecule has 0 aromatic rings. The molecule has 2 amide bonds. The molecule has 0 aromatic carbocycles. The Labute approximate surface area is 108 Å². The van der Waals surface area contributed by atoms with Crippen molar-refractivity contribution >= 4 is 12.0 Å².